The lowest BCUT2D eigenvalue weighted by Crippen LogP contribution is -2.52. The summed E-state index contributed by atoms with van der Waals surface area (Å²) in [5.74, 6) is -1.22. The van der Waals surface area contributed by atoms with Crippen molar-refractivity contribution in [1.29, 1.82) is 0 Å². The lowest BCUT2D eigenvalue weighted by atomic mass is 10.3. The first-order chi connectivity index (χ1) is 15.4. The largest absolute Gasteiger partial charge is 0.464 e. The highest BCUT2D eigenvalue weighted by molar-refractivity contribution is 6.33. The van der Waals surface area contributed by atoms with E-state index in [0.29, 0.717) is 37.6 Å². The third-order valence-corrected chi connectivity index (χ3v) is 5.16. The fourth-order valence-electron chi connectivity index (χ4n) is 3.14. The van der Waals surface area contributed by atoms with Gasteiger partial charge in [0.2, 0.25) is 5.91 Å². The number of nitrogens with zero attached hydrogens (tertiary/aromatic N) is 3. The quantitative estimate of drug-likeness (QED) is 0.636. The molecule has 11 heteroatoms. The Balaban J connectivity index is 1.43. The van der Waals surface area contributed by atoms with Crippen molar-refractivity contribution in [1.82, 2.24) is 20.1 Å². The van der Waals surface area contributed by atoms with Crippen molar-refractivity contribution in [2.75, 3.05) is 45.2 Å². The standard InChI is InChI=1S/C21H23ClFN5O4/c1-32-20(30)19-17(22)7-6-16(26-19)12-24-21(31)28-10-8-27(9-11-28)13-18(29)25-15-4-2-14(23)3-5-15/h2-7H,8-13H2,1H3,(H,24,31)(H,25,29). The van der Waals surface area contributed by atoms with Crippen molar-refractivity contribution < 1.29 is 23.5 Å². The number of anilines is 1. The van der Waals surface area contributed by atoms with E-state index in [9.17, 15) is 18.8 Å². The summed E-state index contributed by atoms with van der Waals surface area (Å²) in [6.07, 6.45) is 0. The van der Waals surface area contributed by atoms with Crippen LogP contribution in [0.15, 0.2) is 36.4 Å². The van der Waals surface area contributed by atoms with Crippen LogP contribution in [-0.2, 0) is 16.1 Å². The van der Waals surface area contributed by atoms with E-state index in [2.05, 4.69) is 20.4 Å². The van der Waals surface area contributed by atoms with Gasteiger partial charge in [0.1, 0.15) is 5.82 Å². The van der Waals surface area contributed by atoms with Crippen LogP contribution >= 0.6 is 11.6 Å². The number of ether oxygens (including phenoxy) is 1. The first-order valence-corrected chi connectivity index (χ1v) is 10.3. The number of pyridine rings is 1. The molecule has 9 nitrogen and oxygen atoms in total. The van der Waals surface area contributed by atoms with Crippen LogP contribution in [0.1, 0.15) is 16.2 Å². The van der Waals surface area contributed by atoms with Crippen molar-refractivity contribution in [3.63, 3.8) is 0 Å². The number of piperazine rings is 1. The number of benzene rings is 1. The zero-order valence-corrected chi connectivity index (χ0v) is 18.2. The van der Waals surface area contributed by atoms with Gasteiger partial charge in [0, 0.05) is 31.9 Å². The molecule has 1 aromatic heterocycles. The summed E-state index contributed by atoms with van der Waals surface area (Å²) in [6.45, 7) is 2.29. The second-order valence-corrected chi connectivity index (χ2v) is 7.51. The summed E-state index contributed by atoms with van der Waals surface area (Å²) < 4.78 is 17.6. The Labute approximate surface area is 189 Å². The van der Waals surface area contributed by atoms with Gasteiger partial charge in [-0.05, 0) is 36.4 Å². The highest BCUT2D eigenvalue weighted by Gasteiger charge is 2.22. The van der Waals surface area contributed by atoms with Crippen LogP contribution in [0.3, 0.4) is 0 Å². The number of urea groups is 1. The fraction of sp³-hybridized carbons (Fsp3) is 0.333. The van der Waals surface area contributed by atoms with Crippen molar-refractivity contribution in [3.05, 3.63) is 58.6 Å². The van der Waals surface area contributed by atoms with Gasteiger partial charge in [0.25, 0.3) is 0 Å². The minimum Gasteiger partial charge on any atom is -0.464 e. The predicted octanol–water partition coefficient (Wildman–Crippen LogP) is 2.13. The number of halogens is 2. The molecule has 32 heavy (non-hydrogen) atoms. The summed E-state index contributed by atoms with van der Waals surface area (Å²) in [4.78, 5) is 44.0. The number of esters is 1. The van der Waals surface area contributed by atoms with Crippen molar-refractivity contribution in [2.24, 2.45) is 0 Å². The molecule has 170 valence electrons. The first kappa shape index (κ1) is 23.4. The van der Waals surface area contributed by atoms with Crippen LogP contribution in [0, 0.1) is 5.82 Å². The molecule has 3 rings (SSSR count). The molecule has 2 aromatic rings. The molecule has 0 radical (unpaired) electrons. The monoisotopic (exact) mass is 463 g/mol. The van der Waals surface area contributed by atoms with Gasteiger partial charge in [-0.1, -0.05) is 11.6 Å². The van der Waals surface area contributed by atoms with Gasteiger partial charge in [0.15, 0.2) is 5.69 Å². The number of rotatable bonds is 6. The Morgan fingerprint density at radius 3 is 2.44 bits per heavy atom. The Morgan fingerprint density at radius 1 is 1.09 bits per heavy atom. The predicted molar refractivity (Wildman–Crippen MR) is 116 cm³/mol. The molecule has 3 amide bonds. The maximum Gasteiger partial charge on any atom is 0.358 e. The minimum atomic E-state index is -0.650. The molecule has 0 atom stereocenters. The van der Waals surface area contributed by atoms with Crippen LogP contribution in [0.4, 0.5) is 14.9 Å². The van der Waals surface area contributed by atoms with Gasteiger partial charge in [0.05, 0.1) is 30.9 Å². The van der Waals surface area contributed by atoms with Crippen LogP contribution in [0.25, 0.3) is 0 Å². The van der Waals surface area contributed by atoms with E-state index in [-0.39, 0.29) is 41.6 Å². The average molecular weight is 464 g/mol. The number of carbonyl (C=O) groups excluding carboxylic acids is 3. The first-order valence-electron chi connectivity index (χ1n) is 9.90. The molecule has 1 saturated heterocycles. The van der Waals surface area contributed by atoms with Gasteiger partial charge >= 0.3 is 12.0 Å². The van der Waals surface area contributed by atoms with E-state index >= 15 is 0 Å². The molecule has 0 aliphatic carbocycles. The fourth-order valence-corrected chi connectivity index (χ4v) is 3.33. The highest BCUT2D eigenvalue weighted by Crippen LogP contribution is 2.15. The Kier molecular flexibility index (Phi) is 7.96. The minimum absolute atomic E-state index is 0.00607. The van der Waals surface area contributed by atoms with Gasteiger partial charge in [-0.2, -0.15) is 0 Å². The lowest BCUT2D eigenvalue weighted by Gasteiger charge is -2.34. The molecule has 0 bridgehead atoms. The average Bonchev–Trinajstić information content (AvgIpc) is 2.79. The maximum absolute atomic E-state index is 12.9. The molecule has 1 aromatic carbocycles. The van der Waals surface area contributed by atoms with Gasteiger partial charge in [-0.15, -0.1) is 0 Å². The summed E-state index contributed by atoms with van der Waals surface area (Å²) in [5, 5.41) is 5.66. The van der Waals surface area contributed by atoms with Crippen molar-refractivity contribution in [2.45, 2.75) is 6.54 Å². The summed E-state index contributed by atoms with van der Waals surface area (Å²) in [6, 6.07) is 8.44. The third kappa shape index (κ3) is 6.38. The van der Waals surface area contributed by atoms with E-state index < -0.39 is 5.97 Å². The molecule has 0 unspecified atom stereocenters. The SMILES string of the molecule is COC(=O)c1nc(CNC(=O)N2CCN(CC(=O)Nc3ccc(F)cc3)CC2)ccc1Cl. The van der Waals surface area contributed by atoms with E-state index in [1.165, 1.54) is 37.4 Å². The Morgan fingerprint density at radius 2 is 1.78 bits per heavy atom. The zero-order valence-electron chi connectivity index (χ0n) is 17.4. The van der Waals surface area contributed by atoms with Gasteiger partial charge < -0.3 is 20.3 Å². The highest BCUT2D eigenvalue weighted by atomic mass is 35.5. The van der Waals surface area contributed by atoms with Crippen molar-refractivity contribution >= 4 is 35.2 Å². The third-order valence-electron chi connectivity index (χ3n) is 4.86. The normalized spacial score (nSPS) is 14.0. The summed E-state index contributed by atoms with van der Waals surface area (Å²) in [7, 11) is 1.24. The van der Waals surface area contributed by atoms with Gasteiger partial charge in [-0.25, -0.2) is 19.0 Å². The Hall–Kier alpha value is -3.24. The van der Waals surface area contributed by atoms with E-state index in [1.807, 2.05) is 4.90 Å². The molecule has 1 aliphatic heterocycles. The number of hydrogen-bond acceptors (Lipinski definition) is 6. The maximum atomic E-state index is 12.9. The van der Waals surface area contributed by atoms with Crippen LogP contribution in [-0.4, -0.2) is 72.5 Å². The van der Waals surface area contributed by atoms with Crippen molar-refractivity contribution in [3.8, 4) is 0 Å². The number of aromatic nitrogens is 1. The molecular weight excluding hydrogens is 441 g/mol. The lowest BCUT2D eigenvalue weighted by molar-refractivity contribution is -0.117. The van der Waals surface area contributed by atoms with Gasteiger partial charge in [-0.3, -0.25) is 9.69 Å². The van der Waals surface area contributed by atoms with Crippen LogP contribution in [0.2, 0.25) is 5.02 Å². The smallest absolute Gasteiger partial charge is 0.358 e. The number of hydrogen-bond donors (Lipinski definition) is 2. The summed E-state index contributed by atoms with van der Waals surface area (Å²) >= 11 is 5.95. The number of carbonyl (C=O) groups is 3. The second kappa shape index (κ2) is 10.9. The molecular formula is C21H23ClFN5O4. The summed E-state index contributed by atoms with van der Waals surface area (Å²) in [5.41, 5.74) is 0.994. The topological polar surface area (TPSA) is 104 Å². The number of methoxy groups -OCH3 is 1. The van der Waals surface area contributed by atoms with Crippen LogP contribution in [0.5, 0.6) is 0 Å². The Bertz CT molecular complexity index is 981. The van der Waals surface area contributed by atoms with E-state index in [0.717, 1.165) is 0 Å². The number of nitrogens with one attached hydrogen (secondary N) is 2. The van der Waals surface area contributed by atoms with E-state index in [4.69, 9.17) is 11.6 Å². The number of amides is 3. The van der Waals surface area contributed by atoms with Crippen LogP contribution < -0.4 is 10.6 Å². The van der Waals surface area contributed by atoms with E-state index in [1.54, 1.807) is 11.0 Å². The second-order valence-electron chi connectivity index (χ2n) is 7.10. The molecule has 0 spiro atoms. The molecule has 2 N–H and O–H groups in total. The molecule has 1 aliphatic rings. The zero-order chi connectivity index (χ0) is 23.1. The molecule has 2 heterocycles. The molecule has 1 fully saturated rings. The molecule has 0 saturated carbocycles.